The van der Waals surface area contributed by atoms with Crippen LogP contribution in [0.2, 0.25) is 5.02 Å². The molecule has 2 heterocycles. The van der Waals surface area contributed by atoms with Crippen LogP contribution in [0.15, 0.2) is 134 Å². The predicted molar refractivity (Wildman–Crippen MR) is 187 cm³/mol. The van der Waals surface area contributed by atoms with Crippen LogP contribution >= 0.6 is 11.6 Å². The maximum Gasteiger partial charge on any atom is 0.217 e. The van der Waals surface area contributed by atoms with Gasteiger partial charge in [0, 0.05) is 34.3 Å². The third-order valence-corrected chi connectivity index (χ3v) is 8.45. The molecule has 0 unspecified atom stereocenters. The Hall–Kier alpha value is -5.46. The number of nitrogens with zero attached hydrogens (tertiary/aromatic N) is 2. The summed E-state index contributed by atoms with van der Waals surface area (Å²) in [5.41, 5.74) is 19.6. The quantitative estimate of drug-likeness (QED) is 0.133. The summed E-state index contributed by atoms with van der Waals surface area (Å²) in [6.07, 6.45) is 2.22. The molecule has 7 heteroatoms. The number of aryl methyl sites for hydroxylation is 2. The van der Waals surface area contributed by atoms with Crippen molar-refractivity contribution in [3.05, 3.63) is 167 Å². The van der Waals surface area contributed by atoms with Gasteiger partial charge in [0.25, 0.3) is 0 Å². The fourth-order valence-corrected chi connectivity index (χ4v) is 6.17. The van der Waals surface area contributed by atoms with E-state index < -0.39 is 11.4 Å². The molecule has 5 N–H and O–H groups in total. The number of primary amides is 1. The van der Waals surface area contributed by atoms with E-state index in [0.717, 1.165) is 44.5 Å². The molecule has 6 aromatic rings. The summed E-state index contributed by atoms with van der Waals surface area (Å²) in [5.74, 6) is 0.616. The molecule has 0 aliphatic carbocycles. The van der Waals surface area contributed by atoms with E-state index in [0.29, 0.717) is 28.8 Å². The van der Waals surface area contributed by atoms with Crippen molar-refractivity contribution in [2.75, 3.05) is 11.1 Å². The third-order valence-electron chi connectivity index (χ3n) is 8.20. The van der Waals surface area contributed by atoms with Crippen LogP contribution in [0.1, 0.15) is 34.4 Å². The maximum absolute atomic E-state index is 12.0. The van der Waals surface area contributed by atoms with Gasteiger partial charge in [-0.1, -0.05) is 115 Å². The predicted octanol–water partition coefficient (Wildman–Crippen LogP) is 8.18. The van der Waals surface area contributed by atoms with Gasteiger partial charge in [0.2, 0.25) is 5.91 Å². The first kappa shape index (κ1) is 30.6. The lowest BCUT2D eigenvalue weighted by Crippen LogP contribution is -2.38. The van der Waals surface area contributed by atoms with Gasteiger partial charge < -0.3 is 16.8 Å². The Morgan fingerprint density at radius 2 is 1.33 bits per heavy atom. The Bertz CT molecular complexity index is 1870. The highest BCUT2D eigenvalue weighted by Gasteiger charge is 2.37. The topological polar surface area (TPSA) is 107 Å². The van der Waals surface area contributed by atoms with Gasteiger partial charge in [-0.25, -0.2) is 9.97 Å². The van der Waals surface area contributed by atoms with Crippen LogP contribution in [0.25, 0.3) is 22.3 Å². The number of hydrogen-bond acceptors (Lipinski definition) is 5. The molecule has 0 aliphatic rings. The Morgan fingerprint density at radius 3 is 1.85 bits per heavy atom. The highest BCUT2D eigenvalue weighted by Crippen LogP contribution is 2.41. The number of nitrogen functional groups attached to an aromatic ring is 1. The number of rotatable bonds is 10. The molecule has 0 saturated carbocycles. The van der Waals surface area contributed by atoms with Gasteiger partial charge >= 0.3 is 0 Å². The zero-order valence-corrected chi connectivity index (χ0v) is 26.2. The molecule has 4 aromatic carbocycles. The molecule has 0 spiro atoms. The molecule has 0 aliphatic heterocycles. The first-order chi connectivity index (χ1) is 22.3. The van der Waals surface area contributed by atoms with Crippen LogP contribution in [0.3, 0.4) is 0 Å². The van der Waals surface area contributed by atoms with Crippen molar-refractivity contribution in [1.29, 1.82) is 0 Å². The second-order valence-electron chi connectivity index (χ2n) is 11.2. The number of benzene rings is 4. The lowest BCUT2D eigenvalue weighted by atomic mass is 9.77. The van der Waals surface area contributed by atoms with Gasteiger partial charge in [-0.2, -0.15) is 0 Å². The Labute approximate surface area is 274 Å². The van der Waals surface area contributed by atoms with Gasteiger partial charge in [-0.3, -0.25) is 4.79 Å². The van der Waals surface area contributed by atoms with Gasteiger partial charge in [0.15, 0.2) is 0 Å². The second kappa shape index (κ2) is 13.3. The number of halogens is 1. The number of amides is 1. The van der Waals surface area contributed by atoms with Crippen LogP contribution in [0, 0.1) is 6.92 Å². The van der Waals surface area contributed by atoms with Crippen LogP contribution in [0.5, 0.6) is 0 Å². The van der Waals surface area contributed by atoms with Gasteiger partial charge in [0.1, 0.15) is 17.2 Å². The SMILES string of the molecule is Cc1cc(NC(c2ccccc2)(c2ccccc2)c2ccccc2)nc(CCC(N)=O)c1-c1cc(-c2ccc(Cl)cc2)cnc1N. The van der Waals surface area contributed by atoms with Crippen molar-refractivity contribution in [1.82, 2.24) is 9.97 Å². The van der Waals surface area contributed by atoms with Crippen molar-refractivity contribution < 1.29 is 4.79 Å². The van der Waals surface area contributed by atoms with E-state index in [1.54, 1.807) is 6.20 Å². The first-order valence-corrected chi connectivity index (χ1v) is 15.5. The first-order valence-electron chi connectivity index (χ1n) is 15.1. The van der Waals surface area contributed by atoms with Crippen LogP contribution in [-0.2, 0) is 16.8 Å². The smallest absolute Gasteiger partial charge is 0.217 e. The molecule has 0 bridgehead atoms. The molecular formula is C39H34ClN5O. The van der Waals surface area contributed by atoms with Crippen molar-refractivity contribution in [3.8, 4) is 22.3 Å². The fraction of sp³-hybridized carbons (Fsp3) is 0.103. The number of anilines is 2. The van der Waals surface area contributed by atoms with Gasteiger partial charge in [-0.15, -0.1) is 0 Å². The van der Waals surface area contributed by atoms with E-state index in [2.05, 4.69) is 46.7 Å². The Balaban J connectivity index is 1.54. The van der Waals surface area contributed by atoms with Crippen molar-refractivity contribution in [3.63, 3.8) is 0 Å². The fourth-order valence-electron chi connectivity index (χ4n) is 6.04. The number of carbonyl (C=O) groups is 1. The highest BCUT2D eigenvalue weighted by atomic mass is 35.5. The van der Waals surface area contributed by atoms with Crippen LogP contribution in [-0.4, -0.2) is 15.9 Å². The minimum atomic E-state index is -0.777. The van der Waals surface area contributed by atoms with Crippen molar-refractivity contribution >= 4 is 29.1 Å². The number of nitrogens with two attached hydrogens (primary N) is 2. The zero-order chi connectivity index (χ0) is 32.1. The summed E-state index contributed by atoms with van der Waals surface area (Å²) in [6.45, 7) is 2.03. The molecule has 2 aromatic heterocycles. The van der Waals surface area contributed by atoms with E-state index in [-0.39, 0.29) is 6.42 Å². The standard InChI is InChI=1S/C39H34ClN5O/c1-26-23-36(45-39(29-11-5-2-6-12-29,30-13-7-3-8-14-30)31-15-9-4-10-16-31)44-34(21-22-35(41)46)37(26)33-24-28(25-43-38(33)42)27-17-19-32(40)20-18-27/h2-20,23-25H,21-22H2,1H3,(H2,41,46)(H2,42,43)(H,44,45). The molecular weight excluding hydrogens is 590 g/mol. The Morgan fingerprint density at radius 1 is 0.783 bits per heavy atom. The number of aromatic nitrogens is 2. The van der Waals surface area contributed by atoms with Crippen molar-refractivity contribution in [2.24, 2.45) is 5.73 Å². The minimum absolute atomic E-state index is 0.133. The third kappa shape index (κ3) is 6.21. The zero-order valence-electron chi connectivity index (χ0n) is 25.5. The summed E-state index contributed by atoms with van der Waals surface area (Å²) in [6, 6.07) is 42.7. The molecule has 46 heavy (non-hydrogen) atoms. The molecule has 0 fully saturated rings. The molecule has 0 saturated heterocycles. The number of carbonyl (C=O) groups excluding carboxylic acids is 1. The normalized spacial score (nSPS) is 11.3. The molecule has 0 atom stereocenters. The summed E-state index contributed by atoms with van der Waals surface area (Å²) in [5, 5.41) is 4.51. The van der Waals surface area contributed by atoms with Crippen molar-refractivity contribution in [2.45, 2.75) is 25.3 Å². The average Bonchev–Trinajstić information content (AvgIpc) is 3.08. The van der Waals surface area contributed by atoms with Crippen LogP contribution < -0.4 is 16.8 Å². The average molecular weight is 624 g/mol. The van der Waals surface area contributed by atoms with E-state index >= 15 is 0 Å². The van der Waals surface area contributed by atoms with E-state index in [9.17, 15) is 4.79 Å². The molecule has 1 amide bonds. The molecule has 0 radical (unpaired) electrons. The second-order valence-corrected chi connectivity index (χ2v) is 11.7. The largest absolute Gasteiger partial charge is 0.383 e. The highest BCUT2D eigenvalue weighted by molar-refractivity contribution is 6.30. The summed E-state index contributed by atoms with van der Waals surface area (Å²) < 4.78 is 0. The van der Waals surface area contributed by atoms with E-state index in [1.807, 2.05) is 97.9 Å². The minimum Gasteiger partial charge on any atom is -0.383 e. The lowest BCUT2D eigenvalue weighted by molar-refractivity contribution is -0.118. The number of hydrogen-bond donors (Lipinski definition) is 3. The summed E-state index contributed by atoms with van der Waals surface area (Å²) >= 11 is 6.14. The molecule has 228 valence electrons. The molecule has 6 rings (SSSR count). The van der Waals surface area contributed by atoms with E-state index in [4.69, 9.17) is 28.1 Å². The Kier molecular flexibility index (Phi) is 8.81. The summed E-state index contributed by atoms with van der Waals surface area (Å²) in [4.78, 5) is 21.8. The van der Waals surface area contributed by atoms with Crippen LogP contribution in [0.4, 0.5) is 11.6 Å². The maximum atomic E-state index is 12.0. The number of nitrogens with one attached hydrogen (secondary N) is 1. The summed E-state index contributed by atoms with van der Waals surface area (Å²) in [7, 11) is 0. The lowest BCUT2D eigenvalue weighted by Gasteiger charge is -2.37. The molecule has 6 nitrogen and oxygen atoms in total. The van der Waals surface area contributed by atoms with Gasteiger partial charge in [0.05, 0.1) is 5.69 Å². The van der Waals surface area contributed by atoms with E-state index in [1.165, 1.54) is 0 Å². The van der Waals surface area contributed by atoms with Gasteiger partial charge in [-0.05, 0) is 65.4 Å². The number of pyridine rings is 2. The monoisotopic (exact) mass is 623 g/mol.